The molecule has 0 fully saturated rings. The zero-order chi connectivity index (χ0) is 18.2. The van der Waals surface area contributed by atoms with E-state index in [9.17, 15) is 4.79 Å². The van der Waals surface area contributed by atoms with Gasteiger partial charge in [-0.05, 0) is 53.9 Å². The summed E-state index contributed by atoms with van der Waals surface area (Å²) in [6.07, 6.45) is 0. The van der Waals surface area contributed by atoms with Crippen LogP contribution >= 0.6 is 11.3 Å². The highest BCUT2D eigenvalue weighted by molar-refractivity contribution is 7.10. The Kier molecular flexibility index (Phi) is 5.67. The second-order valence-corrected chi connectivity index (χ2v) is 6.23. The standard InChI is InChI=1S/C21H14N2O2S/c22-14-17-6-9-19(10-7-17)25-15-21(24)23-18-4-1-3-16(13-18)8-11-20-5-2-12-26-20/h1-7,9-10,12-13H,15H2,(H,23,24). The van der Waals surface area contributed by atoms with Crippen molar-refractivity contribution in [3.8, 4) is 23.7 Å². The topological polar surface area (TPSA) is 62.1 Å². The van der Waals surface area contributed by atoms with Crippen LogP contribution in [-0.4, -0.2) is 12.5 Å². The lowest BCUT2D eigenvalue weighted by Gasteiger charge is -2.08. The normalized spacial score (nSPS) is 9.50. The largest absolute Gasteiger partial charge is 0.484 e. The van der Waals surface area contributed by atoms with Crippen LogP contribution in [0.15, 0.2) is 66.0 Å². The van der Waals surface area contributed by atoms with E-state index >= 15 is 0 Å². The third kappa shape index (κ3) is 4.98. The van der Waals surface area contributed by atoms with Crippen molar-refractivity contribution in [3.63, 3.8) is 0 Å². The molecule has 0 saturated carbocycles. The molecule has 1 amide bonds. The summed E-state index contributed by atoms with van der Waals surface area (Å²) in [6, 6.07) is 19.9. The first-order valence-electron chi connectivity index (χ1n) is 7.81. The fraction of sp³-hybridized carbons (Fsp3) is 0.0476. The Labute approximate surface area is 155 Å². The number of nitrogens with one attached hydrogen (secondary N) is 1. The van der Waals surface area contributed by atoms with Crippen LogP contribution in [0.3, 0.4) is 0 Å². The highest BCUT2D eigenvalue weighted by Gasteiger charge is 2.04. The molecular formula is C21H14N2O2S. The minimum atomic E-state index is -0.266. The fourth-order valence-corrected chi connectivity index (χ4v) is 2.70. The van der Waals surface area contributed by atoms with Crippen molar-refractivity contribution < 1.29 is 9.53 Å². The summed E-state index contributed by atoms with van der Waals surface area (Å²) in [5.74, 6) is 6.44. The zero-order valence-electron chi connectivity index (χ0n) is 13.7. The quantitative estimate of drug-likeness (QED) is 0.716. The van der Waals surface area contributed by atoms with Gasteiger partial charge in [0.1, 0.15) is 5.75 Å². The van der Waals surface area contributed by atoms with Crippen molar-refractivity contribution in [1.82, 2.24) is 0 Å². The van der Waals surface area contributed by atoms with Gasteiger partial charge in [0.15, 0.2) is 6.61 Å². The predicted octanol–water partition coefficient (Wildman–Crippen LogP) is 4.04. The highest BCUT2D eigenvalue weighted by Crippen LogP contribution is 2.13. The number of hydrogen-bond acceptors (Lipinski definition) is 4. The van der Waals surface area contributed by atoms with Crippen LogP contribution < -0.4 is 10.1 Å². The third-order valence-electron chi connectivity index (χ3n) is 3.35. The third-order valence-corrected chi connectivity index (χ3v) is 4.14. The van der Waals surface area contributed by atoms with Crippen LogP contribution in [0.2, 0.25) is 0 Å². The number of carbonyl (C=O) groups is 1. The molecule has 0 unspecified atom stereocenters. The average molecular weight is 358 g/mol. The molecule has 1 aromatic heterocycles. The lowest BCUT2D eigenvalue weighted by Crippen LogP contribution is -2.20. The maximum Gasteiger partial charge on any atom is 0.262 e. The summed E-state index contributed by atoms with van der Waals surface area (Å²) in [6.45, 7) is -0.114. The van der Waals surface area contributed by atoms with Crippen LogP contribution in [0.1, 0.15) is 16.0 Å². The fourth-order valence-electron chi connectivity index (χ4n) is 2.13. The molecule has 26 heavy (non-hydrogen) atoms. The van der Waals surface area contributed by atoms with Gasteiger partial charge in [0.25, 0.3) is 5.91 Å². The molecule has 4 nitrogen and oxygen atoms in total. The SMILES string of the molecule is N#Cc1ccc(OCC(=O)Nc2cccc(C#Cc3cccs3)c2)cc1. The highest BCUT2D eigenvalue weighted by atomic mass is 32.1. The van der Waals surface area contributed by atoms with Crippen molar-refractivity contribution in [2.24, 2.45) is 0 Å². The average Bonchev–Trinajstić information content (AvgIpc) is 3.19. The molecule has 3 aromatic rings. The van der Waals surface area contributed by atoms with Crippen LogP contribution in [0.25, 0.3) is 0 Å². The number of thiophene rings is 1. The summed E-state index contributed by atoms with van der Waals surface area (Å²) in [4.78, 5) is 13.0. The van der Waals surface area contributed by atoms with E-state index in [1.165, 1.54) is 0 Å². The molecule has 0 radical (unpaired) electrons. The van der Waals surface area contributed by atoms with Crippen LogP contribution in [0.5, 0.6) is 5.75 Å². The van der Waals surface area contributed by atoms with E-state index in [0.717, 1.165) is 10.4 Å². The van der Waals surface area contributed by atoms with Crippen molar-refractivity contribution in [2.75, 3.05) is 11.9 Å². The van der Waals surface area contributed by atoms with Crippen molar-refractivity contribution in [1.29, 1.82) is 5.26 Å². The van der Waals surface area contributed by atoms with Crippen LogP contribution in [-0.2, 0) is 4.79 Å². The number of nitriles is 1. The van der Waals surface area contributed by atoms with Gasteiger partial charge in [-0.15, -0.1) is 11.3 Å². The molecule has 0 bridgehead atoms. The molecule has 1 heterocycles. The molecule has 0 atom stereocenters. The van der Waals surface area contributed by atoms with Gasteiger partial charge in [0, 0.05) is 11.3 Å². The lowest BCUT2D eigenvalue weighted by atomic mass is 10.2. The lowest BCUT2D eigenvalue weighted by molar-refractivity contribution is -0.118. The number of anilines is 1. The second kappa shape index (κ2) is 8.53. The number of nitrogens with zero attached hydrogens (tertiary/aromatic N) is 1. The summed E-state index contributed by atoms with van der Waals surface area (Å²) in [5, 5.41) is 13.5. The Balaban J connectivity index is 1.57. The monoisotopic (exact) mass is 358 g/mol. The number of benzene rings is 2. The summed E-state index contributed by atoms with van der Waals surface area (Å²) >= 11 is 1.59. The zero-order valence-corrected chi connectivity index (χ0v) is 14.5. The van der Waals surface area contributed by atoms with Crippen molar-refractivity contribution in [2.45, 2.75) is 0 Å². The van der Waals surface area contributed by atoms with Crippen LogP contribution in [0, 0.1) is 23.2 Å². The Morgan fingerprint density at radius 3 is 2.62 bits per heavy atom. The Bertz CT molecular complexity index is 991. The molecule has 1 N–H and O–H groups in total. The van der Waals surface area contributed by atoms with Gasteiger partial charge in [0.05, 0.1) is 16.5 Å². The first-order valence-corrected chi connectivity index (χ1v) is 8.69. The minimum Gasteiger partial charge on any atom is -0.484 e. The summed E-state index contributed by atoms with van der Waals surface area (Å²) < 4.78 is 5.42. The second-order valence-electron chi connectivity index (χ2n) is 5.28. The summed E-state index contributed by atoms with van der Waals surface area (Å²) in [5.41, 5.74) is 2.03. The number of hydrogen-bond donors (Lipinski definition) is 1. The molecule has 0 aliphatic rings. The molecule has 2 aromatic carbocycles. The number of rotatable bonds is 4. The first kappa shape index (κ1) is 17.3. The van der Waals surface area contributed by atoms with Gasteiger partial charge in [-0.1, -0.05) is 24.0 Å². The minimum absolute atomic E-state index is 0.114. The van der Waals surface area contributed by atoms with E-state index in [2.05, 4.69) is 17.2 Å². The molecule has 5 heteroatoms. The maximum absolute atomic E-state index is 12.0. The first-order chi connectivity index (χ1) is 12.7. The molecule has 0 aliphatic heterocycles. The van der Waals surface area contributed by atoms with Gasteiger partial charge in [-0.3, -0.25) is 4.79 Å². The van der Waals surface area contributed by atoms with Gasteiger partial charge in [-0.2, -0.15) is 5.26 Å². The van der Waals surface area contributed by atoms with E-state index in [-0.39, 0.29) is 12.5 Å². The molecule has 0 aliphatic carbocycles. The molecule has 0 saturated heterocycles. The Morgan fingerprint density at radius 2 is 1.88 bits per heavy atom. The number of amides is 1. The van der Waals surface area contributed by atoms with Crippen molar-refractivity contribution >= 4 is 22.9 Å². The maximum atomic E-state index is 12.0. The predicted molar refractivity (Wildman–Crippen MR) is 102 cm³/mol. The van der Waals surface area contributed by atoms with E-state index in [1.54, 1.807) is 41.7 Å². The summed E-state index contributed by atoms with van der Waals surface area (Å²) in [7, 11) is 0. The molecule has 0 spiro atoms. The van der Waals surface area contributed by atoms with E-state index in [0.29, 0.717) is 17.0 Å². The molecule has 126 valence electrons. The smallest absolute Gasteiger partial charge is 0.262 e. The van der Waals surface area contributed by atoms with E-state index < -0.39 is 0 Å². The number of ether oxygens (including phenoxy) is 1. The van der Waals surface area contributed by atoms with E-state index in [4.69, 9.17) is 10.00 Å². The van der Waals surface area contributed by atoms with E-state index in [1.807, 2.05) is 41.8 Å². The van der Waals surface area contributed by atoms with Gasteiger partial charge < -0.3 is 10.1 Å². The van der Waals surface area contributed by atoms with Crippen LogP contribution in [0.4, 0.5) is 5.69 Å². The Hall–Kier alpha value is -3.54. The Morgan fingerprint density at radius 1 is 1.04 bits per heavy atom. The van der Waals surface area contributed by atoms with Gasteiger partial charge >= 0.3 is 0 Å². The molecular weight excluding hydrogens is 344 g/mol. The van der Waals surface area contributed by atoms with Gasteiger partial charge in [-0.25, -0.2) is 0 Å². The molecule has 3 rings (SSSR count). The number of carbonyl (C=O) groups excluding carboxylic acids is 1. The van der Waals surface area contributed by atoms with Crippen molar-refractivity contribution in [3.05, 3.63) is 82.0 Å². The van der Waals surface area contributed by atoms with Gasteiger partial charge in [0.2, 0.25) is 0 Å².